The van der Waals surface area contributed by atoms with Crippen molar-refractivity contribution >= 4 is 5.91 Å². The number of carbonyl (C=O) groups excluding carboxylic acids is 1. The van der Waals surface area contributed by atoms with Gasteiger partial charge in [-0.1, -0.05) is 29.8 Å². The molecular formula is C18H26N2O2. The Balaban J connectivity index is 1.95. The Morgan fingerprint density at radius 1 is 1.27 bits per heavy atom. The molecule has 22 heavy (non-hydrogen) atoms. The molecule has 2 bridgehead atoms. The molecule has 2 fully saturated rings. The molecule has 0 aliphatic carbocycles. The molecular weight excluding hydrogens is 276 g/mol. The first-order chi connectivity index (χ1) is 10.5. The number of hydrogen-bond acceptors (Lipinski definition) is 3. The minimum absolute atomic E-state index is 0.0172. The second-order valence-electron chi connectivity index (χ2n) is 6.76. The number of nitrogens with zero attached hydrogens (tertiary/aromatic N) is 2. The lowest BCUT2D eigenvalue weighted by molar-refractivity contribution is -0.177. The Hall–Kier alpha value is -1.39. The molecule has 2 heterocycles. The summed E-state index contributed by atoms with van der Waals surface area (Å²) in [4.78, 5) is 20.5. The van der Waals surface area contributed by atoms with Gasteiger partial charge >= 0.3 is 0 Å². The van der Waals surface area contributed by atoms with Crippen LogP contribution in [0.25, 0.3) is 0 Å². The predicted octanol–water partition coefficient (Wildman–Crippen LogP) is 2.58. The van der Waals surface area contributed by atoms with Crippen molar-refractivity contribution in [1.82, 2.24) is 9.96 Å². The SMILES string of the molecule is CON(C)C(=O)C1C2CC[C@H](C[C@@H]1c1ccc(C)cc1)N2C. The van der Waals surface area contributed by atoms with Crippen LogP contribution >= 0.6 is 0 Å². The van der Waals surface area contributed by atoms with E-state index in [0.717, 1.165) is 12.8 Å². The van der Waals surface area contributed by atoms with Gasteiger partial charge in [-0.15, -0.1) is 0 Å². The molecule has 2 aliphatic rings. The van der Waals surface area contributed by atoms with Crippen molar-refractivity contribution in [2.24, 2.45) is 5.92 Å². The van der Waals surface area contributed by atoms with Gasteiger partial charge in [0.2, 0.25) is 0 Å². The molecule has 0 aromatic heterocycles. The summed E-state index contributed by atoms with van der Waals surface area (Å²) >= 11 is 0. The molecule has 4 atom stereocenters. The monoisotopic (exact) mass is 302 g/mol. The van der Waals surface area contributed by atoms with Gasteiger partial charge in [-0.05, 0) is 44.7 Å². The summed E-state index contributed by atoms with van der Waals surface area (Å²) in [7, 11) is 5.44. The van der Waals surface area contributed by atoms with Gasteiger partial charge < -0.3 is 0 Å². The molecule has 1 aromatic rings. The molecule has 4 heteroatoms. The van der Waals surface area contributed by atoms with Crippen LogP contribution in [0.1, 0.15) is 36.3 Å². The van der Waals surface area contributed by atoms with E-state index in [9.17, 15) is 4.79 Å². The third kappa shape index (κ3) is 2.55. The van der Waals surface area contributed by atoms with Gasteiger partial charge in [-0.25, -0.2) is 5.06 Å². The first kappa shape index (κ1) is 15.5. The average Bonchev–Trinajstić information content (AvgIpc) is 2.76. The zero-order chi connectivity index (χ0) is 15.9. The van der Waals surface area contributed by atoms with Crippen LogP contribution < -0.4 is 0 Å². The maximum absolute atomic E-state index is 12.9. The molecule has 2 aliphatic heterocycles. The Bertz CT molecular complexity index is 543. The third-order valence-corrected chi connectivity index (χ3v) is 5.64. The summed E-state index contributed by atoms with van der Waals surface area (Å²) in [6.07, 6.45) is 3.37. The van der Waals surface area contributed by atoms with Crippen molar-refractivity contribution in [3.63, 3.8) is 0 Å². The maximum Gasteiger partial charge on any atom is 0.251 e. The van der Waals surface area contributed by atoms with E-state index < -0.39 is 0 Å². The normalized spacial score (nSPS) is 31.3. The van der Waals surface area contributed by atoms with Gasteiger partial charge in [0.05, 0.1) is 13.0 Å². The summed E-state index contributed by atoms with van der Waals surface area (Å²) in [5.41, 5.74) is 2.55. The van der Waals surface area contributed by atoms with Crippen molar-refractivity contribution in [2.45, 2.75) is 44.2 Å². The molecule has 0 saturated carbocycles. The van der Waals surface area contributed by atoms with Crippen molar-refractivity contribution in [1.29, 1.82) is 0 Å². The molecule has 0 N–H and O–H groups in total. The standard InChI is InChI=1S/C18H26N2O2/c1-12-5-7-13(8-6-12)15-11-14-9-10-16(19(14)2)17(15)18(21)20(3)22-4/h5-8,14-17H,9-11H2,1-4H3/t14-,15-,16?,17?/m1/s1. The summed E-state index contributed by atoms with van der Waals surface area (Å²) < 4.78 is 0. The van der Waals surface area contributed by atoms with Crippen LogP contribution in [0, 0.1) is 12.8 Å². The Morgan fingerprint density at radius 3 is 2.59 bits per heavy atom. The van der Waals surface area contributed by atoms with E-state index >= 15 is 0 Å². The zero-order valence-electron chi connectivity index (χ0n) is 14.0. The number of amides is 1. The fourth-order valence-electron chi connectivity index (χ4n) is 4.26. The Kier molecular flexibility index (Phi) is 4.24. The quantitative estimate of drug-likeness (QED) is 0.805. The van der Waals surface area contributed by atoms with Crippen molar-refractivity contribution < 1.29 is 9.63 Å². The molecule has 1 aromatic carbocycles. The van der Waals surface area contributed by atoms with Gasteiger partial charge in [0, 0.05) is 19.1 Å². The summed E-state index contributed by atoms with van der Waals surface area (Å²) in [5.74, 6) is 0.376. The van der Waals surface area contributed by atoms with Gasteiger partial charge in [-0.3, -0.25) is 14.5 Å². The fourth-order valence-corrected chi connectivity index (χ4v) is 4.26. The topological polar surface area (TPSA) is 32.8 Å². The van der Waals surface area contributed by atoms with E-state index in [-0.39, 0.29) is 11.8 Å². The molecule has 0 radical (unpaired) electrons. The molecule has 4 nitrogen and oxygen atoms in total. The van der Waals surface area contributed by atoms with Crippen LogP contribution in [0.4, 0.5) is 0 Å². The van der Waals surface area contributed by atoms with Crippen LogP contribution in [-0.2, 0) is 9.63 Å². The summed E-state index contributed by atoms with van der Waals surface area (Å²) in [6.45, 7) is 2.10. The van der Waals surface area contributed by atoms with Crippen LogP contribution in [0.15, 0.2) is 24.3 Å². The van der Waals surface area contributed by atoms with Gasteiger partial charge in [-0.2, -0.15) is 0 Å². The van der Waals surface area contributed by atoms with Crippen molar-refractivity contribution in [3.8, 4) is 0 Å². The lowest BCUT2D eigenvalue weighted by Gasteiger charge is -2.43. The number of fused-ring (bicyclic) bond motifs is 2. The minimum atomic E-state index is -0.0172. The molecule has 120 valence electrons. The Labute approximate surface area is 133 Å². The number of hydrogen-bond donors (Lipinski definition) is 0. The number of benzene rings is 1. The van der Waals surface area contributed by atoms with E-state index in [1.165, 1.54) is 22.6 Å². The highest BCUT2D eigenvalue weighted by Crippen LogP contribution is 2.46. The molecule has 1 amide bonds. The largest absolute Gasteiger partial charge is 0.300 e. The second kappa shape index (κ2) is 6.01. The second-order valence-corrected chi connectivity index (χ2v) is 6.76. The fraction of sp³-hybridized carbons (Fsp3) is 0.611. The first-order valence-electron chi connectivity index (χ1n) is 8.13. The van der Waals surface area contributed by atoms with Gasteiger partial charge in [0.15, 0.2) is 0 Å². The number of rotatable bonds is 3. The lowest BCUT2D eigenvalue weighted by Crippen LogP contribution is -2.51. The van der Waals surface area contributed by atoms with E-state index in [1.54, 1.807) is 14.2 Å². The highest BCUT2D eigenvalue weighted by Gasteiger charge is 2.49. The smallest absolute Gasteiger partial charge is 0.251 e. The highest BCUT2D eigenvalue weighted by atomic mass is 16.7. The molecule has 2 unspecified atom stereocenters. The maximum atomic E-state index is 12.9. The van der Waals surface area contributed by atoms with Crippen molar-refractivity contribution in [3.05, 3.63) is 35.4 Å². The number of piperidine rings is 1. The number of carbonyl (C=O) groups is 1. The van der Waals surface area contributed by atoms with E-state index in [4.69, 9.17) is 4.84 Å². The van der Waals surface area contributed by atoms with E-state index in [1.807, 2.05) is 0 Å². The van der Waals surface area contributed by atoms with E-state index in [2.05, 4.69) is 43.1 Å². The number of aryl methyl sites for hydroxylation is 1. The van der Waals surface area contributed by atoms with E-state index in [0.29, 0.717) is 18.0 Å². The average molecular weight is 302 g/mol. The third-order valence-electron chi connectivity index (χ3n) is 5.64. The minimum Gasteiger partial charge on any atom is -0.300 e. The summed E-state index contributed by atoms with van der Waals surface area (Å²) in [6, 6.07) is 9.62. The van der Waals surface area contributed by atoms with Gasteiger partial charge in [0.25, 0.3) is 5.91 Å². The van der Waals surface area contributed by atoms with Crippen molar-refractivity contribution in [2.75, 3.05) is 21.2 Å². The summed E-state index contributed by atoms with van der Waals surface area (Å²) in [5, 5.41) is 1.40. The zero-order valence-corrected chi connectivity index (χ0v) is 14.0. The number of hydroxylamine groups is 2. The first-order valence-corrected chi connectivity index (χ1v) is 8.13. The molecule has 0 spiro atoms. The van der Waals surface area contributed by atoms with Gasteiger partial charge in [0.1, 0.15) is 0 Å². The van der Waals surface area contributed by atoms with Crippen LogP contribution in [0.5, 0.6) is 0 Å². The van der Waals surface area contributed by atoms with Crippen LogP contribution in [0.2, 0.25) is 0 Å². The predicted molar refractivity (Wildman–Crippen MR) is 86.4 cm³/mol. The highest BCUT2D eigenvalue weighted by molar-refractivity contribution is 5.80. The molecule has 2 saturated heterocycles. The molecule has 3 rings (SSSR count). The van der Waals surface area contributed by atoms with Crippen LogP contribution in [0.3, 0.4) is 0 Å². The Morgan fingerprint density at radius 2 is 1.95 bits per heavy atom. The van der Waals surface area contributed by atoms with Crippen LogP contribution in [-0.4, -0.2) is 49.2 Å². The lowest BCUT2D eigenvalue weighted by atomic mass is 9.75.